The third-order valence-corrected chi connectivity index (χ3v) is 2.79. The summed E-state index contributed by atoms with van der Waals surface area (Å²) in [6.07, 6.45) is -1.40. The summed E-state index contributed by atoms with van der Waals surface area (Å²) < 4.78 is 0. The van der Waals surface area contributed by atoms with Crippen molar-refractivity contribution in [3.05, 3.63) is 64.2 Å². The summed E-state index contributed by atoms with van der Waals surface area (Å²) in [5, 5.41) is 21.9. The number of hydrogen-bond acceptors (Lipinski definition) is 4. The Hall–Kier alpha value is -2.89. The zero-order chi connectivity index (χ0) is 14.7. The number of amides is 1. The topological polar surface area (TPSA) is 86.5 Å². The van der Waals surface area contributed by atoms with Gasteiger partial charge in [-0.1, -0.05) is 17.7 Å². The first-order valence-corrected chi connectivity index (χ1v) is 5.81. The first kappa shape index (κ1) is 13.5. The van der Waals surface area contributed by atoms with Gasteiger partial charge in [0.1, 0.15) is 6.09 Å². The van der Waals surface area contributed by atoms with Crippen LogP contribution in [0.4, 0.5) is 21.9 Å². The quantitative estimate of drug-likeness (QED) is 0.633. The van der Waals surface area contributed by atoms with Crippen molar-refractivity contribution in [2.45, 2.75) is 6.92 Å². The number of carboxylic acid groups (broad SMARTS) is 1. The van der Waals surface area contributed by atoms with E-state index in [2.05, 4.69) is 0 Å². The van der Waals surface area contributed by atoms with Gasteiger partial charge in [-0.2, -0.15) is 0 Å². The van der Waals surface area contributed by atoms with Crippen molar-refractivity contribution in [3.63, 3.8) is 0 Å². The van der Waals surface area contributed by atoms with Gasteiger partial charge in [0.2, 0.25) is 0 Å². The number of hydrogen-bond donors (Lipinski definition) is 0. The third kappa shape index (κ3) is 2.74. The zero-order valence-electron chi connectivity index (χ0n) is 10.6. The van der Waals surface area contributed by atoms with Crippen molar-refractivity contribution in [1.82, 2.24) is 0 Å². The van der Waals surface area contributed by atoms with E-state index in [4.69, 9.17) is 0 Å². The minimum Gasteiger partial charge on any atom is -0.529 e. The van der Waals surface area contributed by atoms with Crippen LogP contribution in [0.5, 0.6) is 0 Å². The molecule has 0 unspecified atom stereocenters. The molecular formula is C14H11N2O4-. The molecule has 0 heterocycles. The van der Waals surface area contributed by atoms with Gasteiger partial charge in [0.05, 0.1) is 4.92 Å². The van der Waals surface area contributed by atoms with E-state index in [-0.39, 0.29) is 5.69 Å². The van der Waals surface area contributed by atoms with Crippen LogP contribution in [0.2, 0.25) is 0 Å². The minimum absolute atomic E-state index is 0.101. The molecule has 0 N–H and O–H groups in total. The molecule has 2 aromatic rings. The number of non-ortho nitro benzene ring substituents is 1. The van der Waals surface area contributed by atoms with Crippen LogP contribution in [-0.2, 0) is 0 Å². The molecule has 0 fully saturated rings. The summed E-state index contributed by atoms with van der Waals surface area (Å²) in [5.41, 5.74) is 1.61. The molecule has 2 rings (SSSR count). The zero-order valence-corrected chi connectivity index (χ0v) is 10.6. The van der Waals surface area contributed by atoms with E-state index in [0.29, 0.717) is 11.4 Å². The average Bonchev–Trinajstić information content (AvgIpc) is 2.41. The van der Waals surface area contributed by atoms with E-state index in [9.17, 15) is 20.0 Å². The average molecular weight is 271 g/mol. The maximum atomic E-state index is 11.3. The lowest BCUT2D eigenvalue weighted by Gasteiger charge is -2.25. The molecule has 0 aliphatic carbocycles. The van der Waals surface area contributed by atoms with Crippen molar-refractivity contribution in [3.8, 4) is 0 Å². The molecule has 6 nitrogen and oxygen atoms in total. The van der Waals surface area contributed by atoms with Gasteiger partial charge < -0.3 is 9.90 Å². The maximum absolute atomic E-state index is 11.3. The van der Waals surface area contributed by atoms with Crippen molar-refractivity contribution >= 4 is 23.2 Å². The summed E-state index contributed by atoms with van der Waals surface area (Å²) in [6.45, 7) is 1.89. The second kappa shape index (κ2) is 5.40. The van der Waals surface area contributed by atoms with Crippen LogP contribution >= 0.6 is 0 Å². The van der Waals surface area contributed by atoms with Gasteiger partial charge in [-0.15, -0.1) is 0 Å². The number of aryl methyl sites for hydroxylation is 1. The van der Waals surface area contributed by atoms with Gasteiger partial charge >= 0.3 is 0 Å². The molecule has 0 saturated carbocycles. The lowest BCUT2D eigenvalue weighted by molar-refractivity contribution is -0.384. The number of carbonyl (C=O) groups is 1. The third-order valence-electron chi connectivity index (χ3n) is 2.79. The van der Waals surface area contributed by atoms with E-state index in [1.807, 2.05) is 6.92 Å². The predicted molar refractivity (Wildman–Crippen MR) is 71.8 cm³/mol. The highest BCUT2D eigenvalue weighted by Gasteiger charge is 2.12. The second-order valence-electron chi connectivity index (χ2n) is 4.21. The first-order chi connectivity index (χ1) is 9.49. The van der Waals surface area contributed by atoms with Gasteiger partial charge in [-0.05, 0) is 31.2 Å². The van der Waals surface area contributed by atoms with Crippen LogP contribution < -0.4 is 10.0 Å². The summed E-state index contributed by atoms with van der Waals surface area (Å²) in [7, 11) is 0. The lowest BCUT2D eigenvalue weighted by atomic mass is 10.2. The molecule has 102 valence electrons. The molecule has 0 atom stereocenters. The largest absolute Gasteiger partial charge is 0.529 e. The highest BCUT2D eigenvalue weighted by molar-refractivity contribution is 5.93. The number of carbonyl (C=O) groups excluding carboxylic acids is 1. The van der Waals surface area contributed by atoms with Crippen LogP contribution in [0.25, 0.3) is 0 Å². The second-order valence-corrected chi connectivity index (χ2v) is 4.21. The molecular weight excluding hydrogens is 260 g/mol. The Morgan fingerprint density at radius 3 is 1.85 bits per heavy atom. The summed E-state index contributed by atoms with van der Waals surface area (Å²) >= 11 is 0. The number of benzene rings is 2. The standard InChI is InChI=1S/C14H12N2O4/c1-10-2-4-11(5-3-10)15(14(17)18)12-6-8-13(9-7-12)16(19)20/h2-9H,1H3,(H,17,18)/p-1. The Balaban J connectivity index is 2.40. The molecule has 0 aliphatic heterocycles. The highest BCUT2D eigenvalue weighted by atomic mass is 16.6. The Kier molecular flexibility index (Phi) is 3.65. The maximum Gasteiger partial charge on any atom is 0.269 e. The molecule has 6 heteroatoms. The summed E-state index contributed by atoms with van der Waals surface area (Å²) in [6, 6.07) is 12.1. The van der Waals surface area contributed by atoms with Crippen LogP contribution in [0.3, 0.4) is 0 Å². The van der Waals surface area contributed by atoms with Gasteiger partial charge in [-0.3, -0.25) is 15.0 Å². The van der Waals surface area contributed by atoms with E-state index >= 15 is 0 Å². The Morgan fingerprint density at radius 2 is 1.45 bits per heavy atom. The van der Waals surface area contributed by atoms with E-state index in [1.165, 1.54) is 24.3 Å². The van der Waals surface area contributed by atoms with Gasteiger partial charge in [0.25, 0.3) is 5.69 Å². The molecule has 1 amide bonds. The molecule has 0 bridgehead atoms. The van der Waals surface area contributed by atoms with Crippen LogP contribution in [0.15, 0.2) is 48.5 Å². The molecule has 0 spiro atoms. The van der Waals surface area contributed by atoms with Gasteiger partial charge in [-0.25, -0.2) is 0 Å². The monoisotopic (exact) mass is 271 g/mol. The summed E-state index contributed by atoms with van der Waals surface area (Å²) in [4.78, 5) is 22.3. The van der Waals surface area contributed by atoms with E-state index in [0.717, 1.165) is 10.5 Å². The number of rotatable bonds is 3. The predicted octanol–water partition coefficient (Wildman–Crippen LogP) is 2.38. The number of nitro groups is 1. The van der Waals surface area contributed by atoms with Crippen molar-refractivity contribution in [2.24, 2.45) is 0 Å². The van der Waals surface area contributed by atoms with Crippen LogP contribution in [-0.4, -0.2) is 11.0 Å². The molecule has 0 saturated heterocycles. The molecule has 20 heavy (non-hydrogen) atoms. The molecule has 2 aromatic carbocycles. The van der Waals surface area contributed by atoms with Crippen LogP contribution in [0.1, 0.15) is 5.56 Å². The smallest absolute Gasteiger partial charge is 0.269 e. The molecule has 0 aliphatic rings. The molecule has 0 aromatic heterocycles. The van der Waals surface area contributed by atoms with Crippen molar-refractivity contribution in [2.75, 3.05) is 4.90 Å². The fraction of sp³-hybridized carbons (Fsp3) is 0.0714. The minimum atomic E-state index is -1.40. The first-order valence-electron chi connectivity index (χ1n) is 5.81. The number of nitrogens with zero attached hydrogens (tertiary/aromatic N) is 2. The number of anilines is 2. The Bertz CT molecular complexity index is 635. The number of nitro benzene ring substituents is 1. The van der Waals surface area contributed by atoms with E-state index < -0.39 is 11.0 Å². The lowest BCUT2D eigenvalue weighted by Crippen LogP contribution is -2.37. The van der Waals surface area contributed by atoms with Crippen LogP contribution in [0, 0.1) is 17.0 Å². The molecule has 0 radical (unpaired) electrons. The highest BCUT2D eigenvalue weighted by Crippen LogP contribution is 2.27. The van der Waals surface area contributed by atoms with Gasteiger partial charge in [0, 0.05) is 23.5 Å². The van der Waals surface area contributed by atoms with Gasteiger partial charge in [0.15, 0.2) is 0 Å². The van der Waals surface area contributed by atoms with Crippen molar-refractivity contribution in [1.29, 1.82) is 0 Å². The SMILES string of the molecule is Cc1ccc(N(C(=O)[O-])c2ccc([N+](=O)[O-])cc2)cc1. The fourth-order valence-corrected chi connectivity index (χ4v) is 1.78. The normalized spacial score (nSPS) is 10.1. The summed E-state index contributed by atoms with van der Waals surface area (Å²) in [5.74, 6) is 0. The Labute approximate surface area is 115 Å². The Morgan fingerprint density at radius 1 is 1.00 bits per heavy atom. The van der Waals surface area contributed by atoms with Crippen molar-refractivity contribution < 1.29 is 14.8 Å². The van der Waals surface area contributed by atoms with E-state index in [1.54, 1.807) is 24.3 Å². The fourth-order valence-electron chi connectivity index (χ4n) is 1.78.